The predicted molar refractivity (Wildman–Crippen MR) is 45.4 cm³/mol. The van der Waals surface area contributed by atoms with E-state index in [9.17, 15) is 19.2 Å². The van der Waals surface area contributed by atoms with Gasteiger partial charge in [-0.25, -0.2) is 4.79 Å². The molecule has 8 nitrogen and oxygen atoms in total. The summed E-state index contributed by atoms with van der Waals surface area (Å²) < 4.78 is 0. The lowest BCUT2D eigenvalue weighted by molar-refractivity contribution is -0.140. The van der Waals surface area contributed by atoms with Gasteiger partial charge in [-0.15, -0.1) is 0 Å². The molecule has 15 heavy (non-hydrogen) atoms. The summed E-state index contributed by atoms with van der Waals surface area (Å²) in [7, 11) is 0. The number of rotatable bonds is 3. The van der Waals surface area contributed by atoms with Gasteiger partial charge in [-0.05, 0) is 6.42 Å². The van der Waals surface area contributed by atoms with Crippen LogP contribution in [0, 0.1) is 5.92 Å². The highest BCUT2D eigenvalue weighted by Crippen LogP contribution is 2.09. The molecule has 1 unspecified atom stereocenters. The maximum absolute atomic E-state index is 11.1. The Balaban J connectivity index is 2.69. The zero-order chi connectivity index (χ0) is 11.6. The molecule has 0 bridgehead atoms. The molecule has 82 valence electrons. The van der Waals surface area contributed by atoms with Gasteiger partial charge in [0.15, 0.2) is 0 Å². The summed E-state index contributed by atoms with van der Waals surface area (Å²) in [6.07, 6.45) is -0.347. The molecule has 0 aromatic carbocycles. The van der Waals surface area contributed by atoms with Crippen LogP contribution in [-0.2, 0) is 14.4 Å². The van der Waals surface area contributed by atoms with Crippen molar-refractivity contribution in [1.82, 2.24) is 10.6 Å². The summed E-state index contributed by atoms with van der Waals surface area (Å²) in [5.41, 5.74) is 5.16. The van der Waals surface area contributed by atoms with Gasteiger partial charge in [0.25, 0.3) is 0 Å². The molecule has 0 radical (unpaired) electrons. The van der Waals surface area contributed by atoms with Crippen molar-refractivity contribution in [1.29, 1.82) is 0 Å². The van der Waals surface area contributed by atoms with Crippen LogP contribution in [0.25, 0.3) is 0 Å². The third-order valence-electron chi connectivity index (χ3n) is 1.91. The zero-order valence-corrected chi connectivity index (χ0v) is 7.52. The molecule has 1 saturated heterocycles. The molecule has 0 spiro atoms. The van der Waals surface area contributed by atoms with Crippen LogP contribution >= 0.6 is 0 Å². The van der Waals surface area contributed by atoms with Gasteiger partial charge in [0.05, 0.1) is 0 Å². The number of nitrogens with two attached hydrogens (primary N) is 1. The highest BCUT2D eigenvalue weighted by Gasteiger charge is 2.36. The van der Waals surface area contributed by atoms with Gasteiger partial charge in [0, 0.05) is 0 Å². The second kappa shape index (κ2) is 4.05. The molecule has 1 atom stereocenters. The van der Waals surface area contributed by atoms with Crippen LogP contribution in [-0.4, -0.2) is 35.0 Å². The van der Waals surface area contributed by atoms with E-state index in [1.807, 2.05) is 10.6 Å². The Hall–Kier alpha value is -1.96. The maximum Gasteiger partial charge on any atom is 0.328 e. The quantitative estimate of drug-likeness (QED) is 0.393. The van der Waals surface area contributed by atoms with Gasteiger partial charge >= 0.3 is 12.0 Å². The highest BCUT2D eigenvalue weighted by molar-refractivity contribution is 6.16. The first-order valence-electron chi connectivity index (χ1n) is 4.06. The number of nitrogens with one attached hydrogen (secondary N) is 2. The Morgan fingerprint density at radius 1 is 1.33 bits per heavy atom. The monoisotopic (exact) mass is 215 g/mol. The first-order valence-corrected chi connectivity index (χ1v) is 4.06. The average molecular weight is 215 g/mol. The summed E-state index contributed by atoms with van der Waals surface area (Å²) in [6.45, 7) is 0. The summed E-state index contributed by atoms with van der Waals surface area (Å²) in [4.78, 5) is 43.3. The zero-order valence-electron chi connectivity index (χ0n) is 7.52. The van der Waals surface area contributed by atoms with Gasteiger partial charge in [0.2, 0.25) is 11.8 Å². The molecule has 8 heteroatoms. The number of hydrogen-bond acceptors (Lipinski definition) is 5. The molecular weight excluding hydrogens is 206 g/mol. The van der Waals surface area contributed by atoms with Crippen molar-refractivity contribution < 1.29 is 24.3 Å². The predicted octanol–water partition coefficient (Wildman–Crippen LogP) is -2.23. The number of urea groups is 1. The SMILES string of the molecule is NC(CC1C(=O)NC(=O)NC1=O)C(=O)O. The van der Waals surface area contributed by atoms with E-state index in [1.54, 1.807) is 0 Å². The molecule has 0 saturated carbocycles. The van der Waals surface area contributed by atoms with Crippen LogP contribution in [0.2, 0.25) is 0 Å². The van der Waals surface area contributed by atoms with Crippen LogP contribution in [0.3, 0.4) is 0 Å². The fraction of sp³-hybridized carbons (Fsp3) is 0.429. The van der Waals surface area contributed by atoms with Crippen molar-refractivity contribution >= 4 is 23.8 Å². The smallest absolute Gasteiger partial charge is 0.328 e. The molecule has 1 heterocycles. The minimum absolute atomic E-state index is 0.347. The molecule has 0 aromatic heterocycles. The average Bonchev–Trinajstić information content (AvgIpc) is 2.10. The fourth-order valence-corrected chi connectivity index (χ4v) is 1.12. The van der Waals surface area contributed by atoms with Crippen LogP contribution in [0.15, 0.2) is 0 Å². The molecule has 1 aliphatic heterocycles. The van der Waals surface area contributed by atoms with E-state index in [1.165, 1.54) is 0 Å². The summed E-state index contributed by atoms with van der Waals surface area (Å²) in [5.74, 6) is -4.22. The van der Waals surface area contributed by atoms with Gasteiger partial charge in [0.1, 0.15) is 12.0 Å². The van der Waals surface area contributed by atoms with E-state index >= 15 is 0 Å². The van der Waals surface area contributed by atoms with Crippen molar-refractivity contribution in [2.75, 3.05) is 0 Å². The Bertz CT molecular complexity index is 320. The van der Waals surface area contributed by atoms with Crippen LogP contribution in [0.4, 0.5) is 4.79 Å². The van der Waals surface area contributed by atoms with Crippen molar-refractivity contribution in [3.05, 3.63) is 0 Å². The minimum Gasteiger partial charge on any atom is -0.480 e. The Morgan fingerprint density at radius 3 is 2.20 bits per heavy atom. The number of carboxylic acid groups (broad SMARTS) is 1. The Kier molecular flexibility index (Phi) is 3.00. The second-order valence-electron chi connectivity index (χ2n) is 3.04. The van der Waals surface area contributed by atoms with E-state index in [2.05, 4.69) is 0 Å². The molecule has 1 aliphatic rings. The van der Waals surface area contributed by atoms with Crippen LogP contribution in [0.1, 0.15) is 6.42 Å². The number of barbiturate groups is 1. The lowest BCUT2D eigenvalue weighted by Crippen LogP contribution is -2.57. The second-order valence-corrected chi connectivity index (χ2v) is 3.04. The molecule has 0 aliphatic carbocycles. The van der Waals surface area contributed by atoms with Crippen molar-refractivity contribution in [2.24, 2.45) is 11.7 Å². The maximum atomic E-state index is 11.1. The Labute approximate surface area is 83.8 Å². The largest absolute Gasteiger partial charge is 0.480 e. The van der Waals surface area contributed by atoms with E-state index in [0.717, 1.165) is 0 Å². The van der Waals surface area contributed by atoms with E-state index < -0.39 is 35.8 Å². The number of hydrogen-bond donors (Lipinski definition) is 4. The number of carbonyl (C=O) groups is 4. The molecule has 4 amide bonds. The minimum atomic E-state index is -1.32. The normalized spacial score (nSPS) is 19.4. The molecule has 0 aromatic rings. The number of aliphatic carboxylic acids is 1. The topological polar surface area (TPSA) is 139 Å². The van der Waals surface area contributed by atoms with Gasteiger partial charge < -0.3 is 10.8 Å². The molecule has 5 N–H and O–H groups in total. The molecule has 1 rings (SSSR count). The lowest BCUT2D eigenvalue weighted by Gasteiger charge is -2.21. The van der Waals surface area contributed by atoms with Gasteiger partial charge in [-0.3, -0.25) is 25.0 Å². The first-order chi connectivity index (χ1) is 6.91. The van der Waals surface area contributed by atoms with Gasteiger partial charge in [-0.2, -0.15) is 0 Å². The van der Waals surface area contributed by atoms with Crippen molar-refractivity contribution in [2.45, 2.75) is 12.5 Å². The molecular formula is C7H9N3O5. The van der Waals surface area contributed by atoms with Crippen LogP contribution in [0.5, 0.6) is 0 Å². The number of carbonyl (C=O) groups excluding carboxylic acids is 3. The van der Waals surface area contributed by atoms with Gasteiger partial charge in [-0.1, -0.05) is 0 Å². The fourth-order valence-electron chi connectivity index (χ4n) is 1.12. The van der Waals surface area contributed by atoms with Crippen molar-refractivity contribution in [3.8, 4) is 0 Å². The van der Waals surface area contributed by atoms with E-state index in [-0.39, 0.29) is 6.42 Å². The first kappa shape index (κ1) is 11.1. The Morgan fingerprint density at radius 2 is 1.80 bits per heavy atom. The third kappa shape index (κ3) is 2.50. The standard InChI is InChI=1S/C7H9N3O5/c8-3(6(13)14)1-2-4(11)9-7(15)10-5(2)12/h2-3H,1,8H2,(H,13,14)(H2,9,10,11,12,15). The van der Waals surface area contributed by atoms with Crippen molar-refractivity contribution in [3.63, 3.8) is 0 Å². The summed E-state index contributed by atoms with van der Waals surface area (Å²) in [6, 6.07) is -2.23. The van der Waals surface area contributed by atoms with E-state index in [0.29, 0.717) is 0 Å². The third-order valence-corrected chi connectivity index (χ3v) is 1.91. The van der Waals surface area contributed by atoms with Crippen LogP contribution < -0.4 is 16.4 Å². The van der Waals surface area contributed by atoms with E-state index in [4.69, 9.17) is 10.8 Å². The summed E-state index contributed by atoms with van der Waals surface area (Å²) >= 11 is 0. The molecule has 1 fully saturated rings. The number of imide groups is 2. The number of carboxylic acids is 1. The number of amides is 4. The summed E-state index contributed by atoms with van der Waals surface area (Å²) in [5, 5.41) is 12.2. The highest BCUT2D eigenvalue weighted by atomic mass is 16.4. The lowest BCUT2D eigenvalue weighted by atomic mass is 9.97.